The molecule has 11 heteroatoms. The van der Waals surface area contributed by atoms with Crippen LogP contribution in [-0.2, 0) is 11.3 Å². The van der Waals surface area contributed by atoms with E-state index < -0.39 is 0 Å². The molecule has 5 rings (SSSR count). The minimum absolute atomic E-state index is 0.213. The van der Waals surface area contributed by atoms with E-state index in [1.165, 1.54) is 0 Å². The topological polar surface area (TPSA) is 144 Å². The standard InChI is InChI=1S/C23H18N8O2.C2H6.CH2O/c1-3-12-33-23-20-19(22(32)27-28-23)24-14(2)31(20)13-15-8-10-16(11-9-15)17-6-4-5-7-18(17)21-25-29-30-26-21;2*1-2/h4-11H,13H2,1-2H3,(H,27,32)(H,25,26,29,30);1-2H3;1H2. The first-order valence-electron chi connectivity index (χ1n) is 11.4. The van der Waals surface area contributed by atoms with Crippen LogP contribution in [0.15, 0.2) is 53.3 Å². The number of rotatable bonds is 5. The summed E-state index contributed by atoms with van der Waals surface area (Å²) in [5, 5.41) is 20.8. The number of H-pyrrole nitrogens is 2. The van der Waals surface area contributed by atoms with Gasteiger partial charge >= 0.3 is 0 Å². The Balaban J connectivity index is 0.000000907. The highest BCUT2D eigenvalue weighted by molar-refractivity contribution is 5.81. The summed E-state index contributed by atoms with van der Waals surface area (Å²) in [5.74, 6) is 4.08. The van der Waals surface area contributed by atoms with Gasteiger partial charge in [-0.1, -0.05) is 68.3 Å². The largest absolute Gasteiger partial charge is 0.384 e. The fraction of sp³-hybridized carbons (Fsp3) is 0.192. The Bertz CT molecular complexity index is 1580. The van der Waals surface area contributed by atoms with Crippen LogP contribution in [-0.4, -0.2) is 47.2 Å². The van der Waals surface area contributed by atoms with Gasteiger partial charge in [-0.25, -0.2) is 10.1 Å². The Morgan fingerprint density at radius 1 is 1.03 bits per heavy atom. The quantitative estimate of drug-likeness (QED) is 0.350. The highest BCUT2D eigenvalue weighted by Gasteiger charge is 2.18. The number of nitrogens with one attached hydrogen (secondary N) is 2. The van der Waals surface area contributed by atoms with Crippen molar-refractivity contribution in [3.05, 3.63) is 70.3 Å². The van der Waals surface area contributed by atoms with E-state index in [-0.39, 0.29) is 17.0 Å². The third-order valence-electron chi connectivity index (χ3n) is 5.20. The van der Waals surface area contributed by atoms with Crippen LogP contribution in [0.5, 0.6) is 5.88 Å². The van der Waals surface area contributed by atoms with Crippen molar-refractivity contribution in [1.82, 2.24) is 40.4 Å². The average Bonchev–Trinajstić information content (AvgIpc) is 3.60. The number of fused-ring (bicyclic) bond motifs is 1. The highest BCUT2D eigenvalue weighted by Crippen LogP contribution is 2.30. The number of hydrogen-bond acceptors (Lipinski definition) is 8. The van der Waals surface area contributed by atoms with Crippen LogP contribution < -0.4 is 10.3 Å². The van der Waals surface area contributed by atoms with Crippen LogP contribution in [0.2, 0.25) is 0 Å². The third-order valence-corrected chi connectivity index (χ3v) is 5.20. The van der Waals surface area contributed by atoms with Gasteiger partial charge in [-0.15, -0.1) is 15.3 Å². The smallest absolute Gasteiger partial charge is 0.292 e. The monoisotopic (exact) mass is 498 g/mol. The van der Waals surface area contributed by atoms with Gasteiger partial charge in [0.25, 0.3) is 11.4 Å². The first-order valence-corrected chi connectivity index (χ1v) is 11.4. The SMILES string of the molecule is C=O.CC.CC#COc1n[nH]c(=O)c2nc(C)n(Cc3ccc(-c4ccccc4-c4nn[nH]n4)cc3)c12. The maximum absolute atomic E-state index is 12.3. The highest BCUT2D eigenvalue weighted by atomic mass is 16.5. The molecule has 0 spiro atoms. The number of carbonyl (C=O) groups excluding carboxylic acids is 1. The summed E-state index contributed by atoms with van der Waals surface area (Å²) in [4.78, 5) is 24.7. The van der Waals surface area contributed by atoms with E-state index in [9.17, 15) is 4.79 Å². The van der Waals surface area contributed by atoms with Gasteiger partial charge in [-0.3, -0.25) is 4.79 Å². The van der Waals surface area contributed by atoms with Crippen LogP contribution in [0.1, 0.15) is 32.2 Å². The summed E-state index contributed by atoms with van der Waals surface area (Å²) >= 11 is 0. The predicted molar refractivity (Wildman–Crippen MR) is 140 cm³/mol. The van der Waals surface area contributed by atoms with Gasteiger partial charge in [-0.05, 0) is 28.8 Å². The summed E-state index contributed by atoms with van der Waals surface area (Å²) in [5.41, 5.74) is 4.32. The molecule has 0 atom stereocenters. The Morgan fingerprint density at radius 2 is 1.73 bits per heavy atom. The molecule has 11 nitrogen and oxygen atoms in total. The number of ether oxygens (including phenoxy) is 1. The molecule has 3 aromatic heterocycles. The number of hydrogen-bond donors (Lipinski definition) is 2. The minimum atomic E-state index is -0.378. The number of tetrazole rings is 1. The number of nitrogens with zero attached hydrogens (tertiary/aromatic N) is 6. The molecule has 0 aliphatic rings. The van der Waals surface area contributed by atoms with Gasteiger partial charge in [0.15, 0.2) is 5.52 Å². The van der Waals surface area contributed by atoms with Crippen molar-refractivity contribution in [2.24, 2.45) is 0 Å². The van der Waals surface area contributed by atoms with Gasteiger partial charge < -0.3 is 14.1 Å². The van der Waals surface area contributed by atoms with Crippen LogP contribution in [0.25, 0.3) is 33.5 Å². The van der Waals surface area contributed by atoms with Gasteiger partial charge in [0.1, 0.15) is 24.2 Å². The molecule has 2 N–H and O–H groups in total. The fourth-order valence-corrected chi connectivity index (χ4v) is 3.69. The summed E-state index contributed by atoms with van der Waals surface area (Å²) in [6.07, 6.45) is 2.53. The second kappa shape index (κ2) is 12.6. The van der Waals surface area contributed by atoms with E-state index >= 15 is 0 Å². The normalized spacial score (nSPS) is 9.84. The lowest BCUT2D eigenvalue weighted by Crippen LogP contribution is -2.11. The number of aromatic nitrogens is 8. The summed E-state index contributed by atoms with van der Waals surface area (Å²) in [7, 11) is 0. The zero-order chi connectivity index (χ0) is 26.8. The zero-order valence-corrected chi connectivity index (χ0v) is 20.9. The van der Waals surface area contributed by atoms with E-state index in [1.807, 2.05) is 80.7 Å². The third kappa shape index (κ3) is 5.59. The lowest BCUT2D eigenvalue weighted by Gasteiger charge is -2.10. The second-order valence-corrected chi connectivity index (χ2v) is 7.23. The van der Waals surface area contributed by atoms with Crippen molar-refractivity contribution in [3.8, 4) is 40.4 Å². The molecule has 5 aromatic rings. The molecule has 2 aromatic carbocycles. The molecule has 0 aliphatic carbocycles. The van der Waals surface area contributed by atoms with Gasteiger partial charge in [0.2, 0.25) is 5.82 Å². The van der Waals surface area contributed by atoms with Crippen molar-refractivity contribution >= 4 is 17.8 Å². The van der Waals surface area contributed by atoms with E-state index in [1.54, 1.807) is 6.92 Å². The molecule has 0 saturated heterocycles. The van der Waals surface area contributed by atoms with Crippen molar-refractivity contribution in [1.29, 1.82) is 0 Å². The Hall–Kier alpha value is -5.11. The number of benzene rings is 2. The van der Waals surface area contributed by atoms with Crippen molar-refractivity contribution < 1.29 is 9.53 Å². The molecule has 0 saturated carbocycles. The number of aryl methyl sites for hydroxylation is 1. The molecule has 0 amide bonds. The summed E-state index contributed by atoms with van der Waals surface area (Å²) in [6, 6.07) is 16.0. The van der Waals surface area contributed by atoms with E-state index in [4.69, 9.17) is 9.53 Å². The second-order valence-electron chi connectivity index (χ2n) is 7.23. The van der Waals surface area contributed by atoms with Crippen LogP contribution in [0.4, 0.5) is 0 Å². The molecule has 0 unspecified atom stereocenters. The molecule has 188 valence electrons. The molecule has 3 heterocycles. The van der Waals surface area contributed by atoms with Crippen molar-refractivity contribution in [3.63, 3.8) is 0 Å². The fourth-order valence-electron chi connectivity index (χ4n) is 3.69. The van der Waals surface area contributed by atoms with Crippen molar-refractivity contribution in [2.75, 3.05) is 0 Å². The van der Waals surface area contributed by atoms with Gasteiger partial charge in [-0.2, -0.15) is 5.21 Å². The maximum Gasteiger partial charge on any atom is 0.292 e. The van der Waals surface area contributed by atoms with Crippen LogP contribution >= 0.6 is 0 Å². The number of carbonyl (C=O) groups is 1. The molecule has 0 radical (unpaired) electrons. The number of imidazole rings is 1. The average molecular weight is 499 g/mol. The molecule has 0 fully saturated rings. The summed E-state index contributed by atoms with van der Waals surface area (Å²) < 4.78 is 7.31. The molecular formula is C26H26N8O3. The zero-order valence-electron chi connectivity index (χ0n) is 20.9. The molecular weight excluding hydrogens is 472 g/mol. The minimum Gasteiger partial charge on any atom is -0.384 e. The van der Waals surface area contributed by atoms with Crippen molar-refractivity contribution in [2.45, 2.75) is 34.2 Å². The van der Waals surface area contributed by atoms with Gasteiger partial charge in [0.05, 0.1) is 0 Å². The van der Waals surface area contributed by atoms with E-state index in [0.717, 1.165) is 22.3 Å². The lowest BCUT2D eigenvalue weighted by atomic mass is 9.98. The maximum atomic E-state index is 12.3. The van der Waals surface area contributed by atoms with E-state index in [0.29, 0.717) is 23.7 Å². The van der Waals surface area contributed by atoms with Crippen LogP contribution in [0.3, 0.4) is 0 Å². The first-order chi connectivity index (χ1) is 18.2. The molecule has 0 bridgehead atoms. The first kappa shape index (κ1) is 26.5. The van der Waals surface area contributed by atoms with Crippen LogP contribution in [0, 0.1) is 19.0 Å². The Morgan fingerprint density at radius 3 is 2.38 bits per heavy atom. The van der Waals surface area contributed by atoms with E-state index in [2.05, 4.69) is 47.8 Å². The lowest BCUT2D eigenvalue weighted by molar-refractivity contribution is -0.0979. The summed E-state index contributed by atoms with van der Waals surface area (Å²) in [6.45, 7) is 9.98. The Kier molecular flexibility index (Phi) is 8.99. The van der Waals surface area contributed by atoms with Gasteiger partial charge in [0, 0.05) is 19.0 Å². The molecule has 37 heavy (non-hydrogen) atoms. The molecule has 0 aliphatic heterocycles. The number of aromatic amines is 2. The Labute approximate surface area is 212 Å². The predicted octanol–water partition coefficient (Wildman–Crippen LogP) is 3.52.